The summed E-state index contributed by atoms with van der Waals surface area (Å²) in [4.78, 5) is 21.7. The maximum absolute atomic E-state index is 12.5. The Morgan fingerprint density at radius 1 is 1.13 bits per heavy atom. The summed E-state index contributed by atoms with van der Waals surface area (Å²) in [6.45, 7) is 0.587. The number of fused-ring (bicyclic) bond motifs is 1. The highest BCUT2D eigenvalue weighted by Gasteiger charge is 2.17. The molecule has 1 atom stereocenters. The molecular weight excluding hydrogens is 401 g/mol. The Kier molecular flexibility index (Phi) is 8.00. The van der Waals surface area contributed by atoms with Crippen LogP contribution < -0.4 is 15.8 Å². The van der Waals surface area contributed by atoms with Crippen molar-refractivity contribution in [2.24, 2.45) is 0 Å². The molecule has 0 radical (unpaired) electrons. The van der Waals surface area contributed by atoms with Crippen LogP contribution in [0.15, 0.2) is 42.5 Å². The summed E-state index contributed by atoms with van der Waals surface area (Å²) in [5.41, 5.74) is 3.26. The van der Waals surface area contributed by atoms with Crippen LogP contribution in [0, 0.1) is 0 Å². The molecule has 2 aromatic carbocycles. The summed E-state index contributed by atoms with van der Waals surface area (Å²) >= 11 is 0. The van der Waals surface area contributed by atoms with E-state index in [0.29, 0.717) is 25.8 Å². The second-order valence-corrected chi connectivity index (χ2v) is 8.73. The second kappa shape index (κ2) is 10.7. The van der Waals surface area contributed by atoms with Crippen LogP contribution in [0.25, 0.3) is 23.3 Å². The number of unbranched alkanes of at least 4 members (excludes halogenated alkanes) is 1. The van der Waals surface area contributed by atoms with Crippen molar-refractivity contribution in [1.29, 1.82) is 0 Å². The van der Waals surface area contributed by atoms with Gasteiger partial charge in [-0.3, -0.25) is 13.8 Å². The zero-order valence-corrected chi connectivity index (χ0v) is 18.1. The molecule has 2 N–H and O–H groups in total. The van der Waals surface area contributed by atoms with Gasteiger partial charge in [-0.05, 0) is 52.8 Å². The normalized spacial score (nSPS) is 14.7. The third kappa shape index (κ3) is 6.13. The van der Waals surface area contributed by atoms with E-state index in [4.69, 9.17) is 4.52 Å². The summed E-state index contributed by atoms with van der Waals surface area (Å²) in [7, 11) is -2.80. The molecule has 2 aromatic rings. The Balaban J connectivity index is 0.00000341. The molecule has 7 heteroatoms. The SMILES string of the molecule is COP(=O)(O)OCCCCNC(=O)Cc1ccc2c(c1-c1ccccc1)=CCCC=2.[HH]. The maximum Gasteiger partial charge on any atom is 0.471 e. The third-order valence-electron chi connectivity index (χ3n) is 5.04. The lowest BCUT2D eigenvalue weighted by Gasteiger charge is -2.14. The van der Waals surface area contributed by atoms with E-state index in [0.717, 1.165) is 36.6 Å². The van der Waals surface area contributed by atoms with Gasteiger partial charge in [0.2, 0.25) is 5.91 Å². The van der Waals surface area contributed by atoms with Gasteiger partial charge < -0.3 is 10.2 Å². The molecule has 0 aliphatic heterocycles. The van der Waals surface area contributed by atoms with Crippen LogP contribution in [0.3, 0.4) is 0 Å². The number of rotatable bonds is 10. The lowest BCUT2D eigenvalue weighted by atomic mass is 9.92. The molecule has 0 saturated heterocycles. The Morgan fingerprint density at radius 2 is 1.90 bits per heavy atom. The van der Waals surface area contributed by atoms with E-state index < -0.39 is 7.82 Å². The van der Waals surface area contributed by atoms with E-state index >= 15 is 0 Å². The number of hydrogen-bond donors (Lipinski definition) is 2. The van der Waals surface area contributed by atoms with Crippen molar-refractivity contribution >= 4 is 25.9 Å². The molecular formula is C23H30NO5P. The fourth-order valence-corrected chi connectivity index (χ4v) is 4.03. The molecule has 0 aromatic heterocycles. The summed E-state index contributed by atoms with van der Waals surface area (Å²) in [5.74, 6) is -0.0439. The standard InChI is InChI=1S/C23H28NO5P.H2/c1-28-30(26,27)29-16-8-7-15-24-22(25)17-20-14-13-18-9-5-6-12-21(18)23(20)19-10-3-2-4-11-19;/h2-4,9-14H,5-8,15-17H2,1H3,(H,24,25)(H,26,27);1H. The van der Waals surface area contributed by atoms with Gasteiger partial charge in [0.1, 0.15) is 0 Å². The summed E-state index contributed by atoms with van der Waals surface area (Å²) in [6.07, 6.45) is 8.06. The number of carbonyl (C=O) groups excluding carboxylic acids is 1. The van der Waals surface area contributed by atoms with Crippen molar-refractivity contribution in [1.82, 2.24) is 5.32 Å². The van der Waals surface area contributed by atoms with Crippen LogP contribution in [-0.4, -0.2) is 31.1 Å². The molecule has 0 fully saturated rings. The lowest BCUT2D eigenvalue weighted by molar-refractivity contribution is -0.120. The van der Waals surface area contributed by atoms with E-state index in [1.807, 2.05) is 24.3 Å². The highest BCUT2D eigenvalue weighted by molar-refractivity contribution is 7.47. The number of nitrogens with one attached hydrogen (secondary N) is 1. The lowest BCUT2D eigenvalue weighted by Crippen LogP contribution is -2.32. The highest BCUT2D eigenvalue weighted by atomic mass is 31.2. The average Bonchev–Trinajstić information content (AvgIpc) is 2.76. The second-order valence-electron chi connectivity index (χ2n) is 7.17. The predicted molar refractivity (Wildman–Crippen MR) is 120 cm³/mol. The van der Waals surface area contributed by atoms with Crippen molar-refractivity contribution in [2.75, 3.05) is 20.3 Å². The monoisotopic (exact) mass is 431 g/mol. The fourth-order valence-electron chi connectivity index (χ4n) is 3.56. The topological polar surface area (TPSA) is 84.9 Å². The van der Waals surface area contributed by atoms with Crippen LogP contribution in [0.4, 0.5) is 0 Å². The summed E-state index contributed by atoms with van der Waals surface area (Å²) < 4.78 is 20.3. The third-order valence-corrected chi connectivity index (χ3v) is 6.01. The molecule has 30 heavy (non-hydrogen) atoms. The summed E-state index contributed by atoms with van der Waals surface area (Å²) in [6, 6.07) is 14.3. The zero-order valence-electron chi connectivity index (χ0n) is 17.2. The van der Waals surface area contributed by atoms with Gasteiger partial charge in [0, 0.05) is 15.1 Å². The van der Waals surface area contributed by atoms with Crippen LogP contribution in [-0.2, 0) is 24.8 Å². The van der Waals surface area contributed by atoms with Crippen molar-refractivity contribution in [3.63, 3.8) is 0 Å². The van der Waals surface area contributed by atoms with Gasteiger partial charge in [0.15, 0.2) is 0 Å². The van der Waals surface area contributed by atoms with Gasteiger partial charge >= 0.3 is 7.82 Å². The fraction of sp³-hybridized carbons (Fsp3) is 0.348. The number of amides is 1. The van der Waals surface area contributed by atoms with Gasteiger partial charge in [-0.25, -0.2) is 4.57 Å². The number of benzene rings is 2. The minimum absolute atomic E-state index is 0. The first-order valence-electron chi connectivity index (χ1n) is 10.2. The number of phosphoric acid groups is 1. The molecule has 3 rings (SSSR count). The number of carbonyl (C=O) groups is 1. The smallest absolute Gasteiger partial charge is 0.356 e. The van der Waals surface area contributed by atoms with Gasteiger partial charge in [-0.1, -0.05) is 54.6 Å². The van der Waals surface area contributed by atoms with Crippen molar-refractivity contribution in [2.45, 2.75) is 32.1 Å². The van der Waals surface area contributed by atoms with E-state index in [2.05, 4.69) is 40.2 Å². The molecule has 0 spiro atoms. The zero-order chi connectivity index (χ0) is 21.4. The Morgan fingerprint density at radius 3 is 2.67 bits per heavy atom. The van der Waals surface area contributed by atoms with E-state index in [-0.39, 0.29) is 13.9 Å². The Bertz CT molecular complexity index is 1040. The van der Waals surface area contributed by atoms with Crippen LogP contribution >= 0.6 is 7.82 Å². The number of hydrogen-bond acceptors (Lipinski definition) is 4. The van der Waals surface area contributed by atoms with Crippen LogP contribution in [0.1, 0.15) is 32.7 Å². The van der Waals surface area contributed by atoms with Crippen molar-refractivity contribution < 1.29 is 24.7 Å². The maximum atomic E-state index is 12.5. The molecule has 1 amide bonds. The van der Waals surface area contributed by atoms with Gasteiger partial charge in [0.05, 0.1) is 13.0 Å². The molecule has 1 aliphatic rings. The van der Waals surface area contributed by atoms with E-state index in [9.17, 15) is 14.3 Å². The number of phosphoric ester groups is 1. The van der Waals surface area contributed by atoms with Crippen LogP contribution in [0.2, 0.25) is 0 Å². The first-order valence-corrected chi connectivity index (χ1v) is 11.7. The largest absolute Gasteiger partial charge is 0.471 e. The minimum atomic E-state index is -3.92. The van der Waals surface area contributed by atoms with Crippen LogP contribution in [0.5, 0.6) is 0 Å². The van der Waals surface area contributed by atoms with Gasteiger partial charge in [0.25, 0.3) is 0 Å². The summed E-state index contributed by atoms with van der Waals surface area (Å²) in [5, 5.41) is 5.36. The quantitative estimate of drug-likeness (QED) is 0.446. The Hall–Kier alpha value is -2.24. The van der Waals surface area contributed by atoms with E-state index in [1.165, 1.54) is 10.4 Å². The van der Waals surface area contributed by atoms with Crippen molar-refractivity contribution in [3.8, 4) is 11.1 Å². The molecule has 1 aliphatic carbocycles. The van der Waals surface area contributed by atoms with Gasteiger partial charge in [-0.2, -0.15) is 0 Å². The predicted octanol–water partition coefficient (Wildman–Crippen LogP) is 3.16. The molecule has 0 bridgehead atoms. The molecule has 0 saturated carbocycles. The first-order chi connectivity index (χ1) is 14.5. The minimum Gasteiger partial charge on any atom is -0.356 e. The molecule has 6 nitrogen and oxygen atoms in total. The van der Waals surface area contributed by atoms with E-state index in [1.54, 1.807) is 0 Å². The van der Waals surface area contributed by atoms with Gasteiger partial charge in [-0.15, -0.1) is 0 Å². The first kappa shape index (κ1) is 22.4. The highest BCUT2D eigenvalue weighted by Crippen LogP contribution is 2.41. The average molecular weight is 431 g/mol. The van der Waals surface area contributed by atoms with Crippen molar-refractivity contribution in [3.05, 3.63) is 58.5 Å². The Labute approximate surface area is 178 Å². The molecule has 162 valence electrons. The molecule has 1 unspecified atom stereocenters. The molecule has 0 heterocycles.